The molecule has 6 heteroatoms. The van der Waals surface area contributed by atoms with Gasteiger partial charge in [0, 0.05) is 31.4 Å². The Bertz CT molecular complexity index is 925. The number of nitrogens with zero attached hydrogens (tertiary/aromatic N) is 3. The van der Waals surface area contributed by atoms with E-state index < -0.39 is 0 Å². The van der Waals surface area contributed by atoms with Crippen molar-refractivity contribution in [2.45, 2.75) is 26.3 Å². The second-order valence-corrected chi connectivity index (χ2v) is 7.88. The highest BCUT2D eigenvalue weighted by atomic mass is 35.5. The maximum atomic E-state index is 6.46. The zero-order valence-electron chi connectivity index (χ0n) is 15.5. The van der Waals surface area contributed by atoms with E-state index in [1.165, 1.54) is 5.56 Å². The van der Waals surface area contributed by atoms with Gasteiger partial charge in [-0.2, -0.15) is 0 Å². The first-order valence-electron chi connectivity index (χ1n) is 9.54. The van der Waals surface area contributed by atoms with Crippen LogP contribution in [-0.4, -0.2) is 40.5 Å². The van der Waals surface area contributed by atoms with Crippen LogP contribution in [0.25, 0.3) is 16.9 Å². The summed E-state index contributed by atoms with van der Waals surface area (Å²) in [7, 11) is 0. The second kappa shape index (κ2) is 8.19. The topological polar surface area (TPSA) is 32.6 Å². The predicted molar refractivity (Wildman–Crippen MR) is 113 cm³/mol. The van der Waals surface area contributed by atoms with Gasteiger partial charge in [-0.15, -0.1) is 0 Å². The van der Waals surface area contributed by atoms with Crippen molar-refractivity contribution < 1.29 is 0 Å². The standard InChI is InChI=1S/C21H24Cl2N4/c1-2-15-4-6-16(7-5-15)20-19(14-26-10-3-8-24-9-11-26)27-13-17(22)12-18(23)21(27)25-20/h4-7,12-13,24H,2-3,8-11,14H2,1H3. The summed E-state index contributed by atoms with van der Waals surface area (Å²) in [5, 5.41) is 4.67. The molecular weight excluding hydrogens is 379 g/mol. The summed E-state index contributed by atoms with van der Waals surface area (Å²) in [6.45, 7) is 7.18. The van der Waals surface area contributed by atoms with Gasteiger partial charge in [-0.1, -0.05) is 54.4 Å². The molecule has 142 valence electrons. The molecule has 27 heavy (non-hydrogen) atoms. The Balaban J connectivity index is 1.81. The molecule has 0 spiro atoms. The molecule has 0 aliphatic carbocycles. The Morgan fingerprint density at radius 2 is 1.93 bits per heavy atom. The van der Waals surface area contributed by atoms with E-state index in [1.807, 2.05) is 6.20 Å². The normalized spacial score (nSPS) is 16.0. The largest absolute Gasteiger partial charge is 0.315 e. The number of benzene rings is 1. The van der Waals surface area contributed by atoms with Crippen molar-refractivity contribution in [1.29, 1.82) is 0 Å². The Labute approximate surface area is 170 Å². The molecule has 1 saturated heterocycles. The molecule has 1 fully saturated rings. The van der Waals surface area contributed by atoms with Gasteiger partial charge >= 0.3 is 0 Å². The highest BCUT2D eigenvalue weighted by molar-refractivity contribution is 6.36. The summed E-state index contributed by atoms with van der Waals surface area (Å²) in [5.41, 5.74) is 5.33. The number of aromatic nitrogens is 2. The fourth-order valence-corrected chi connectivity index (χ4v) is 4.19. The van der Waals surface area contributed by atoms with E-state index in [-0.39, 0.29) is 0 Å². The lowest BCUT2D eigenvalue weighted by Gasteiger charge is -2.20. The van der Waals surface area contributed by atoms with Gasteiger partial charge in [0.1, 0.15) is 0 Å². The molecule has 0 bridgehead atoms. The maximum Gasteiger partial charge on any atom is 0.156 e. The van der Waals surface area contributed by atoms with E-state index in [4.69, 9.17) is 28.2 Å². The van der Waals surface area contributed by atoms with Crippen LogP contribution in [0.2, 0.25) is 10.0 Å². The van der Waals surface area contributed by atoms with E-state index in [9.17, 15) is 0 Å². The summed E-state index contributed by atoms with van der Waals surface area (Å²) in [5.74, 6) is 0. The number of imidazole rings is 1. The zero-order valence-corrected chi connectivity index (χ0v) is 17.0. The van der Waals surface area contributed by atoms with Gasteiger partial charge in [-0.25, -0.2) is 4.98 Å². The van der Waals surface area contributed by atoms with Crippen molar-refractivity contribution in [3.63, 3.8) is 0 Å². The molecule has 0 unspecified atom stereocenters. The number of aryl methyl sites for hydroxylation is 1. The molecule has 4 rings (SSSR count). The van der Waals surface area contributed by atoms with Gasteiger partial charge in [-0.3, -0.25) is 9.30 Å². The van der Waals surface area contributed by atoms with Gasteiger partial charge in [0.25, 0.3) is 0 Å². The fraction of sp³-hybridized carbons (Fsp3) is 0.381. The van der Waals surface area contributed by atoms with Crippen LogP contribution in [0, 0.1) is 0 Å². The summed E-state index contributed by atoms with van der Waals surface area (Å²) in [6, 6.07) is 10.4. The van der Waals surface area contributed by atoms with Crippen molar-refractivity contribution in [2.75, 3.05) is 26.2 Å². The Hall–Kier alpha value is -1.59. The molecule has 1 aliphatic heterocycles. The summed E-state index contributed by atoms with van der Waals surface area (Å²) < 4.78 is 2.06. The van der Waals surface area contributed by atoms with Crippen molar-refractivity contribution in [2.24, 2.45) is 0 Å². The van der Waals surface area contributed by atoms with Crippen molar-refractivity contribution in [1.82, 2.24) is 19.6 Å². The third kappa shape index (κ3) is 3.99. The molecule has 2 aromatic heterocycles. The Kier molecular flexibility index (Phi) is 5.69. The van der Waals surface area contributed by atoms with Gasteiger partial charge < -0.3 is 5.32 Å². The van der Waals surface area contributed by atoms with Crippen molar-refractivity contribution in [3.8, 4) is 11.3 Å². The van der Waals surface area contributed by atoms with Crippen LogP contribution in [0.5, 0.6) is 0 Å². The molecule has 0 radical (unpaired) electrons. The van der Waals surface area contributed by atoms with Gasteiger partial charge in [0.2, 0.25) is 0 Å². The van der Waals surface area contributed by atoms with E-state index in [0.29, 0.717) is 10.0 Å². The third-order valence-corrected chi connectivity index (χ3v) is 5.67. The summed E-state index contributed by atoms with van der Waals surface area (Å²) in [6.07, 6.45) is 4.10. The molecular formula is C21H24Cl2N4. The van der Waals surface area contributed by atoms with Crippen molar-refractivity contribution >= 4 is 28.8 Å². The predicted octanol–water partition coefficient (Wildman–Crippen LogP) is 4.67. The molecule has 0 amide bonds. The number of pyridine rings is 1. The molecule has 4 nitrogen and oxygen atoms in total. The van der Waals surface area contributed by atoms with Gasteiger partial charge in [0.15, 0.2) is 5.65 Å². The first-order valence-corrected chi connectivity index (χ1v) is 10.3. The maximum absolute atomic E-state index is 6.46. The number of hydrogen-bond acceptors (Lipinski definition) is 3. The van der Waals surface area contributed by atoms with E-state index in [0.717, 1.165) is 68.2 Å². The van der Waals surface area contributed by atoms with Crippen LogP contribution < -0.4 is 5.32 Å². The Morgan fingerprint density at radius 1 is 1.11 bits per heavy atom. The number of hydrogen-bond donors (Lipinski definition) is 1. The lowest BCUT2D eigenvalue weighted by Crippen LogP contribution is -2.28. The van der Waals surface area contributed by atoms with Crippen LogP contribution in [-0.2, 0) is 13.0 Å². The average Bonchev–Trinajstić information content (AvgIpc) is 2.85. The smallest absolute Gasteiger partial charge is 0.156 e. The minimum Gasteiger partial charge on any atom is -0.315 e. The molecule has 1 aromatic carbocycles. The number of rotatable bonds is 4. The van der Waals surface area contributed by atoms with Crippen molar-refractivity contribution in [3.05, 3.63) is 57.8 Å². The summed E-state index contributed by atoms with van der Waals surface area (Å²) in [4.78, 5) is 7.37. The van der Waals surface area contributed by atoms with Gasteiger partial charge in [0.05, 0.1) is 21.4 Å². The van der Waals surface area contributed by atoms with Gasteiger partial charge in [-0.05, 0) is 37.6 Å². The number of halogens is 2. The molecule has 0 saturated carbocycles. The highest BCUT2D eigenvalue weighted by Gasteiger charge is 2.20. The lowest BCUT2D eigenvalue weighted by atomic mass is 10.1. The first-order chi connectivity index (χ1) is 13.2. The van der Waals surface area contributed by atoms with Crippen LogP contribution in [0.3, 0.4) is 0 Å². The first kappa shape index (κ1) is 18.8. The molecule has 1 aliphatic rings. The molecule has 3 heterocycles. The minimum atomic E-state index is 0.581. The quantitative estimate of drug-likeness (QED) is 0.688. The minimum absolute atomic E-state index is 0.581. The molecule has 0 atom stereocenters. The summed E-state index contributed by atoms with van der Waals surface area (Å²) >= 11 is 12.8. The monoisotopic (exact) mass is 402 g/mol. The highest BCUT2D eigenvalue weighted by Crippen LogP contribution is 2.31. The zero-order chi connectivity index (χ0) is 18.8. The fourth-order valence-electron chi connectivity index (χ4n) is 3.67. The third-order valence-electron chi connectivity index (χ3n) is 5.18. The van der Waals surface area contributed by atoms with E-state index in [1.54, 1.807) is 6.07 Å². The average molecular weight is 403 g/mol. The number of nitrogens with one attached hydrogen (secondary N) is 1. The molecule has 3 aromatic rings. The van der Waals surface area contributed by atoms with E-state index in [2.05, 4.69) is 45.8 Å². The Morgan fingerprint density at radius 3 is 2.70 bits per heavy atom. The van der Waals surface area contributed by atoms with Crippen LogP contribution >= 0.6 is 23.2 Å². The van der Waals surface area contributed by atoms with Crippen LogP contribution in [0.1, 0.15) is 24.6 Å². The van der Waals surface area contributed by atoms with Crippen LogP contribution in [0.4, 0.5) is 0 Å². The SMILES string of the molecule is CCc1ccc(-c2nc3c(Cl)cc(Cl)cn3c2CN2CCCNCC2)cc1. The second-order valence-electron chi connectivity index (χ2n) is 7.04. The lowest BCUT2D eigenvalue weighted by molar-refractivity contribution is 0.281. The van der Waals surface area contributed by atoms with Crippen LogP contribution in [0.15, 0.2) is 36.5 Å². The molecule has 1 N–H and O–H groups in total. The van der Waals surface area contributed by atoms with E-state index >= 15 is 0 Å². The number of fused-ring (bicyclic) bond motifs is 1.